The number of carbonyl (C=O) groups is 1. The predicted molar refractivity (Wildman–Crippen MR) is 84.5 cm³/mol. The van der Waals surface area contributed by atoms with Crippen molar-refractivity contribution in [2.45, 2.75) is 13.8 Å². The molecule has 0 saturated carbocycles. The van der Waals surface area contributed by atoms with E-state index < -0.39 is 5.91 Å². The summed E-state index contributed by atoms with van der Waals surface area (Å²) in [5.41, 5.74) is 3.11. The molecule has 0 unspecified atom stereocenters. The number of nitrogens with one attached hydrogen (secondary N) is 1. The minimum atomic E-state index is -0.482. The first-order valence-electron chi connectivity index (χ1n) is 6.76. The van der Waals surface area contributed by atoms with Crippen molar-refractivity contribution in [1.29, 1.82) is 5.26 Å². The fourth-order valence-electron chi connectivity index (χ4n) is 2.07. The van der Waals surface area contributed by atoms with Gasteiger partial charge in [-0.15, -0.1) is 0 Å². The Labute approximate surface area is 128 Å². The highest BCUT2D eigenvalue weighted by Gasteiger charge is 2.12. The zero-order valence-corrected chi connectivity index (χ0v) is 12.4. The lowest BCUT2D eigenvalue weighted by molar-refractivity contribution is -0.112. The van der Waals surface area contributed by atoms with Gasteiger partial charge in [0.1, 0.15) is 17.5 Å². The topological polar surface area (TPSA) is 52.9 Å². The van der Waals surface area contributed by atoms with Gasteiger partial charge in [0, 0.05) is 5.69 Å². The number of aryl methyl sites for hydroxylation is 2. The second-order valence-electron chi connectivity index (χ2n) is 4.94. The van der Waals surface area contributed by atoms with Crippen LogP contribution in [0.5, 0.6) is 0 Å². The Balaban J connectivity index is 2.26. The highest BCUT2D eigenvalue weighted by molar-refractivity contribution is 6.10. The quantitative estimate of drug-likeness (QED) is 0.687. The smallest absolute Gasteiger partial charge is 0.266 e. The molecule has 1 amide bonds. The van der Waals surface area contributed by atoms with Crippen molar-refractivity contribution in [3.05, 3.63) is 70.5 Å². The van der Waals surface area contributed by atoms with Crippen molar-refractivity contribution in [2.75, 3.05) is 5.32 Å². The Morgan fingerprint density at radius 1 is 1.14 bits per heavy atom. The van der Waals surface area contributed by atoms with E-state index in [4.69, 9.17) is 0 Å². The van der Waals surface area contributed by atoms with Crippen LogP contribution in [0.3, 0.4) is 0 Å². The molecule has 22 heavy (non-hydrogen) atoms. The van der Waals surface area contributed by atoms with Crippen molar-refractivity contribution < 1.29 is 9.18 Å². The van der Waals surface area contributed by atoms with E-state index in [1.165, 1.54) is 30.3 Å². The molecule has 1 N–H and O–H groups in total. The Morgan fingerprint density at radius 2 is 1.73 bits per heavy atom. The summed E-state index contributed by atoms with van der Waals surface area (Å²) in [6, 6.07) is 13.1. The van der Waals surface area contributed by atoms with E-state index in [1.807, 2.05) is 38.1 Å². The summed E-state index contributed by atoms with van der Waals surface area (Å²) < 4.78 is 12.9. The molecular formula is C18H15FN2O. The maximum absolute atomic E-state index is 12.9. The third-order valence-electron chi connectivity index (χ3n) is 3.27. The predicted octanol–water partition coefficient (Wildman–Crippen LogP) is 3.99. The van der Waals surface area contributed by atoms with Gasteiger partial charge in [-0.05, 0) is 48.7 Å². The molecule has 0 bridgehead atoms. The number of para-hydroxylation sites is 1. The van der Waals surface area contributed by atoms with Gasteiger partial charge < -0.3 is 5.32 Å². The number of benzene rings is 2. The van der Waals surface area contributed by atoms with Gasteiger partial charge in [0.25, 0.3) is 5.91 Å². The molecule has 0 saturated heterocycles. The van der Waals surface area contributed by atoms with E-state index in [0.717, 1.165) is 11.1 Å². The van der Waals surface area contributed by atoms with Gasteiger partial charge in [0.15, 0.2) is 0 Å². The van der Waals surface area contributed by atoms with Crippen molar-refractivity contribution in [2.24, 2.45) is 0 Å². The first-order chi connectivity index (χ1) is 10.5. The van der Waals surface area contributed by atoms with Crippen LogP contribution in [0.4, 0.5) is 10.1 Å². The lowest BCUT2D eigenvalue weighted by Crippen LogP contribution is -2.15. The van der Waals surface area contributed by atoms with Crippen LogP contribution >= 0.6 is 0 Å². The molecular weight excluding hydrogens is 279 g/mol. The fourth-order valence-corrected chi connectivity index (χ4v) is 2.07. The monoisotopic (exact) mass is 294 g/mol. The molecule has 2 rings (SSSR count). The molecule has 0 atom stereocenters. The summed E-state index contributed by atoms with van der Waals surface area (Å²) >= 11 is 0. The summed E-state index contributed by atoms with van der Waals surface area (Å²) in [6.07, 6.45) is 1.43. The number of rotatable bonds is 3. The maximum atomic E-state index is 12.9. The Kier molecular flexibility index (Phi) is 4.70. The van der Waals surface area contributed by atoms with E-state index >= 15 is 0 Å². The molecule has 0 heterocycles. The fraction of sp³-hybridized carbons (Fsp3) is 0.111. The summed E-state index contributed by atoms with van der Waals surface area (Å²) in [4.78, 5) is 12.2. The van der Waals surface area contributed by atoms with Gasteiger partial charge in [-0.25, -0.2) is 4.39 Å². The average Bonchev–Trinajstić information content (AvgIpc) is 2.50. The summed E-state index contributed by atoms with van der Waals surface area (Å²) in [6.45, 7) is 3.77. The molecule has 0 aromatic heterocycles. The van der Waals surface area contributed by atoms with E-state index in [2.05, 4.69) is 5.32 Å². The lowest BCUT2D eigenvalue weighted by atomic mass is 10.1. The zero-order valence-electron chi connectivity index (χ0n) is 12.4. The largest absolute Gasteiger partial charge is 0.321 e. The molecule has 0 aliphatic rings. The third-order valence-corrected chi connectivity index (χ3v) is 3.27. The molecule has 3 nitrogen and oxygen atoms in total. The molecule has 0 spiro atoms. The number of carbonyl (C=O) groups excluding carboxylic acids is 1. The van der Waals surface area contributed by atoms with Gasteiger partial charge in [0.05, 0.1) is 0 Å². The minimum Gasteiger partial charge on any atom is -0.321 e. The average molecular weight is 294 g/mol. The van der Waals surface area contributed by atoms with Crippen LogP contribution in [0.25, 0.3) is 6.08 Å². The van der Waals surface area contributed by atoms with Gasteiger partial charge in [-0.2, -0.15) is 5.26 Å². The van der Waals surface area contributed by atoms with Crippen LogP contribution in [-0.2, 0) is 4.79 Å². The second-order valence-corrected chi connectivity index (χ2v) is 4.94. The summed E-state index contributed by atoms with van der Waals surface area (Å²) in [5, 5.41) is 11.9. The molecule has 2 aromatic carbocycles. The summed E-state index contributed by atoms with van der Waals surface area (Å²) in [5.74, 6) is -0.847. The van der Waals surface area contributed by atoms with E-state index in [0.29, 0.717) is 11.3 Å². The van der Waals surface area contributed by atoms with Crippen LogP contribution < -0.4 is 5.32 Å². The van der Waals surface area contributed by atoms with E-state index in [9.17, 15) is 14.4 Å². The first kappa shape index (κ1) is 15.5. The number of nitrogens with zero attached hydrogens (tertiary/aromatic N) is 1. The van der Waals surface area contributed by atoms with Crippen molar-refractivity contribution in [3.8, 4) is 6.07 Å². The van der Waals surface area contributed by atoms with Crippen LogP contribution in [0.1, 0.15) is 16.7 Å². The van der Waals surface area contributed by atoms with E-state index in [-0.39, 0.29) is 11.4 Å². The lowest BCUT2D eigenvalue weighted by Gasteiger charge is -2.10. The molecule has 0 aliphatic heterocycles. The van der Waals surface area contributed by atoms with Crippen LogP contribution in [0, 0.1) is 31.0 Å². The van der Waals surface area contributed by atoms with Gasteiger partial charge in [-0.3, -0.25) is 4.79 Å². The molecule has 4 heteroatoms. The number of hydrogen-bond donors (Lipinski definition) is 1. The van der Waals surface area contributed by atoms with Gasteiger partial charge in [0.2, 0.25) is 0 Å². The number of nitriles is 1. The van der Waals surface area contributed by atoms with Crippen molar-refractivity contribution in [1.82, 2.24) is 0 Å². The number of amides is 1. The Morgan fingerprint density at radius 3 is 2.27 bits per heavy atom. The Bertz CT molecular complexity index is 750. The number of hydrogen-bond acceptors (Lipinski definition) is 2. The van der Waals surface area contributed by atoms with Gasteiger partial charge >= 0.3 is 0 Å². The molecule has 110 valence electrons. The second kappa shape index (κ2) is 6.68. The van der Waals surface area contributed by atoms with Crippen molar-refractivity contribution >= 4 is 17.7 Å². The van der Waals surface area contributed by atoms with E-state index in [1.54, 1.807) is 0 Å². The molecule has 0 aliphatic carbocycles. The maximum Gasteiger partial charge on any atom is 0.266 e. The normalized spacial score (nSPS) is 10.9. The SMILES string of the molecule is Cc1cccc(C)c1NC(=O)/C(C#N)=C/c1ccc(F)cc1. The molecule has 0 fully saturated rings. The highest BCUT2D eigenvalue weighted by atomic mass is 19.1. The Hall–Kier alpha value is -2.93. The first-order valence-corrected chi connectivity index (χ1v) is 6.76. The minimum absolute atomic E-state index is 0.0331. The highest BCUT2D eigenvalue weighted by Crippen LogP contribution is 2.20. The van der Waals surface area contributed by atoms with Gasteiger partial charge in [-0.1, -0.05) is 30.3 Å². The zero-order chi connectivity index (χ0) is 16.1. The number of halogens is 1. The summed E-state index contributed by atoms with van der Waals surface area (Å²) in [7, 11) is 0. The van der Waals surface area contributed by atoms with Crippen LogP contribution in [0.15, 0.2) is 48.0 Å². The van der Waals surface area contributed by atoms with Crippen LogP contribution in [-0.4, -0.2) is 5.91 Å². The third kappa shape index (κ3) is 3.58. The van der Waals surface area contributed by atoms with Crippen molar-refractivity contribution in [3.63, 3.8) is 0 Å². The number of anilines is 1. The molecule has 2 aromatic rings. The van der Waals surface area contributed by atoms with Crippen LogP contribution in [0.2, 0.25) is 0 Å². The molecule has 0 radical (unpaired) electrons. The standard InChI is InChI=1S/C18H15FN2O/c1-12-4-3-5-13(2)17(12)21-18(22)15(11-20)10-14-6-8-16(19)9-7-14/h3-10H,1-2H3,(H,21,22)/b15-10+.